The molecule has 0 amide bonds. The first-order chi connectivity index (χ1) is 11.8. The zero-order chi connectivity index (χ0) is 18.2. The van der Waals surface area contributed by atoms with Crippen LogP contribution in [0.2, 0.25) is 0 Å². The van der Waals surface area contributed by atoms with Gasteiger partial charge < -0.3 is 0 Å². The fourth-order valence-electron chi connectivity index (χ4n) is 4.57. The minimum atomic E-state index is -5.03. The summed E-state index contributed by atoms with van der Waals surface area (Å²) in [7, 11) is 0. The number of benzene rings is 1. The molecule has 6 heteroatoms. The maximum atomic E-state index is 13.8. The van der Waals surface area contributed by atoms with E-state index in [2.05, 4.69) is 0 Å². The minimum absolute atomic E-state index is 0.111. The average molecular weight is 364 g/mol. The summed E-state index contributed by atoms with van der Waals surface area (Å²) >= 11 is 0. The van der Waals surface area contributed by atoms with Gasteiger partial charge in [0.2, 0.25) is 0 Å². The van der Waals surface area contributed by atoms with Crippen molar-refractivity contribution in [2.45, 2.75) is 69.6 Å². The topological polar surface area (TPSA) is 0 Å². The van der Waals surface area contributed by atoms with E-state index in [1.54, 1.807) is 0 Å². The Morgan fingerprint density at radius 1 is 0.720 bits per heavy atom. The molecule has 1 aromatic carbocycles. The predicted octanol–water partition coefficient (Wildman–Crippen LogP) is 6.79. The fourth-order valence-corrected chi connectivity index (χ4v) is 4.57. The Morgan fingerprint density at radius 3 is 1.60 bits per heavy atom. The lowest BCUT2D eigenvalue weighted by molar-refractivity contribution is -0.142. The molecule has 0 bridgehead atoms. The first-order valence-corrected chi connectivity index (χ1v) is 8.96. The Balaban J connectivity index is 1.65. The molecule has 0 unspecified atom stereocenters. The van der Waals surface area contributed by atoms with Gasteiger partial charge >= 0.3 is 6.18 Å². The highest BCUT2D eigenvalue weighted by Crippen LogP contribution is 2.44. The Bertz CT molecular complexity index is 569. The van der Waals surface area contributed by atoms with Gasteiger partial charge in [-0.25, -0.2) is 13.2 Å². The number of hydrogen-bond donors (Lipinski definition) is 0. The molecular weight excluding hydrogens is 342 g/mol. The quantitative estimate of drug-likeness (QED) is 0.507. The molecule has 2 aliphatic rings. The highest BCUT2D eigenvalue weighted by Gasteiger charge is 2.39. The maximum absolute atomic E-state index is 13.8. The molecule has 0 heterocycles. The van der Waals surface area contributed by atoms with E-state index in [0.29, 0.717) is 43.1 Å². The molecule has 0 radical (unpaired) electrons. The van der Waals surface area contributed by atoms with Gasteiger partial charge in [-0.15, -0.1) is 0 Å². The van der Waals surface area contributed by atoms with Crippen LogP contribution in [0.15, 0.2) is 12.1 Å². The zero-order valence-corrected chi connectivity index (χ0v) is 13.9. The van der Waals surface area contributed by atoms with Crippen LogP contribution in [-0.2, 0) is 6.18 Å². The summed E-state index contributed by atoms with van der Waals surface area (Å²) in [5.74, 6) is -2.18. The summed E-state index contributed by atoms with van der Waals surface area (Å²) in [6.45, 7) is 0. The first kappa shape index (κ1) is 18.6. The van der Waals surface area contributed by atoms with Gasteiger partial charge in [-0.1, -0.05) is 0 Å². The van der Waals surface area contributed by atoms with Crippen molar-refractivity contribution in [3.8, 4) is 0 Å². The highest BCUT2D eigenvalue weighted by molar-refractivity contribution is 5.30. The first-order valence-electron chi connectivity index (χ1n) is 8.96. The Labute approximate surface area is 143 Å². The zero-order valence-electron chi connectivity index (χ0n) is 13.9. The molecule has 0 aromatic heterocycles. The van der Waals surface area contributed by atoms with Crippen LogP contribution in [0.25, 0.3) is 0 Å². The van der Waals surface area contributed by atoms with Gasteiger partial charge in [0.15, 0.2) is 0 Å². The van der Waals surface area contributed by atoms with E-state index in [1.807, 2.05) is 0 Å². The lowest BCUT2D eigenvalue weighted by atomic mass is 9.69. The van der Waals surface area contributed by atoms with Crippen molar-refractivity contribution < 1.29 is 26.3 Å². The highest BCUT2D eigenvalue weighted by atomic mass is 19.4. The number of hydrogen-bond acceptors (Lipinski definition) is 0. The molecule has 2 saturated carbocycles. The molecular formula is C19H22F6. The van der Waals surface area contributed by atoms with Gasteiger partial charge in [0.05, 0.1) is 0 Å². The third-order valence-electron chi connectivity index (χ3n) is 5.96. The minimum Gasteiger partial charge on any atom is -0.247 e. The molecule has 0 saturated heterocycles. The second kappa shape index (κ2) is 7.20. The average Bonchev–Trinajstić information content (AvgIpc) is 2.54. The summed E-state index contributed by atoms with van der Waals surface area (Å²) in [4.78, 5) is 0. The molecule has 1 aromatic rings. The molecule has 2 fully saturated rings. The van der Waals surface area contributed by atoms with Crippen molar-refractivity contribution in [3.05, 3.63) is 34.9 Å². The van der Waals surface area contributed by atoms with E-state index in [9.17, 15) is 26.3 Å². The van der Waals surface area contributed by atoms with Crippen molar-refractivity contribution >= 4 is 0 Å². The summed E-state index contributed by atoms with van der Waals surface area (Å²) in [6.07, 6.45) is 0.479. The SMILES string of the molecule is Fc1cc(C2CCC(C3CCC(F)CC3)CC2)cc(F)c1C(F)(F)F. The maximum Gasteiger partial charge on any atom is 0.422 e. The van der Waals surface area contributed by atoms with Gasteiger partial charge in [-0.2, -0.15) is 13.2 Å². The van der Waals surface area contributed by atoms with Gasteiger partial charge in [0.1, 0.15) is 23.4 Å². The monoisotopic (exact) mass is 364 g/mol. The Morgan fingerprint density at radius 2 is 1.16 bits per heavy atom. The lowest BCUT2D eigenvalue weighted by Gasteiger charge is -2.36. The lowest BCUT2D eigenvalue weighted by Crippen LogP contribution is -2.26. The van der Waals surface area contributed by atoms with Crippen LogP contribution in [0.5, 0.6) is 0 Å². The van der Waals surface area contributed by atoms with Crippen LogP contribution in [0.1, 0.15) is 68.4 Å². The summed E-state index contributed by atoms with van der Waals surface area (Å²) in [5, 5.41) is 0. The van der Waals surface area contributed by atoms with E-state index in [-0.39, 0.29) is 5.92 Å². The Kier molecular flexibility index (Phi) is 5.35. The molecule has 0 spiro atoms. The molecule has 0 atom stereocenters. The third-order valence-corrected chi connectivity index (χ3v) is 5.96. The second-order valence-electron chi connectivity index (χ2n) is 7.48. The molecule has 2 aliphatic carbocycles. The number of rotatable bonds is 2. The standard InChI is InChI=1S/C19H22F6/c20-15-7-5-12(6-8-15)11-1-3-13(4-2-11)14-9-16(21)18(17(22)10-14)19(23,24)25/h9-13,15H,1-8H2. The largest absolute Gasteiger partial charge is 0.422 e. The molecule has 3 rings (SSSR count). The van der Waals surface area contributed by atoms with E-state index >= 15 is 0 Å². The molecule has 140 valence electrons. The summed E-state index contributed by atoms with van der Waals surface area (Å²) in [5.41, 5.74) is -1.50. The second-order valence-corrected chi connectivity index (χ2v) is 7.48. The van der Waals surface area contributed by atoms with E-state index in [1.165, 1.54) is 0 Å². The summed E-state index contributed by atoms with van der Waals surface area (Å²) < 4.78 is 78.8. The van der Waals surface area contributed by atoms with Gasteiger partial charge in [0.25, 0.3) is 0 Å². The van der Waals surface area contributed by atoms with Crippen LogP contribution >= 0.6 is 0 Å². The smallest absolute Gasteiger partial charge is 0.247 e. The van der Waals surface area contributed by atoms with Crippen LogP contribution < -0.4 is 0 Å². The van der Waals surface area contributed by atoms with Crippen LogP contribution in [0, 0.1) is 23.5 Å². The molecule has 25 heavy (non-hydrogen) atoms. The van der Waals surface area contributed by atoms with E-state index in [4.69, 9.17) is 0 Å². The molecule has 0 nitrogen and oxygen atoms in total. The van der Waals surface area contributed by atoms with Crippen molar-refractivity contribution in [1.29, 1.82) is 0 Å². The van der Waals surface area contributed by atoms with Gasteiger partial charge in [-0.05, 0) is 86.8 Å². The van der Waals surface area contributed by atoms with Crippen molar-refractivity contribution in [3.63, 3.8) is 0 Å². The Hall–Kier alpha value is -1.20. The van der Waals surface area contributed by atoms with E-state index in [0.717, 1.165) is 37.8 Å². The van der Waals surface area contributed by atoms with E-state index < -0.39 is 29.5 Å². The van der Waals surface area contributed by atoms with Crippen molar-refractivity contribution in [1.82, 2.24) is 0 Å². The number of halogens is 6. The molecule has 0 N–H and O–H groups in total. The summed E-state index contributed by atoms with van der Waals surface area (Å²) in [6, 6.07) is 1.68. The number of alkyl halides is 4. The third kappa shape index (κ3) is 4.14. The van der Waals surface area contributed by atoms with Crippen LogP contribution in [-0.4, -0.2) is 6.17 Å². The van der Waals surface area contributed by atoms with Gasteiger partial charge in [-0.3, -0.25) is 0 Å². The normalized spacial score (nSPS) is 31.1. The van der Waals surface area contributed by atoms with Crippen LogP contribution in [0.4, 0.5) is 26.3 Å². The molecule has 0 aliphatic heterocycles. The van der Waals surface area contributed by atoms with Crippen molar-refractivity contribution in [2.24, 2.45) is 11.8 Å². The predicted molar refractivity (Wildman–Crippen MR) is 82.9 cm³/mol. The van der Waals surface area contributed by atoms with Crippen molar-refractivity contribution in [2.75, 3.05) is 0 Å². The van der Waals surface area contributed by atoms with Crippen LogP contribution in [0.3, 0.4) is 0 Å². The fraction of sp³-hybridized carbons (Fsp3) is 0.684. The van der Waals surface area contributed by atoms with Gasteiger partial charge in [0, 0.05) is 0 Å².